The molecule has 0 bridgehead atoms. The maximum absolute atomic E-state index is 3.57. The molecule has 0 radical (unpaired) electrons. The second-order valence-corrected chi connectivity index (χ2v) is 9.06. The van der Waals surface area contributed by atoms with Gasteiger partial charge in [-0.3, -0.25) is 0 Å². The normalized spacial score (nSPS) is 23.3. The van der Waals surface area contributed by atoms with Crippen molar-refractivity contribution in [2.75, 3.05) is 0 Å². The van der Waals surface area contributed by atoms with Crippen molar-refractivity contribution in [2.45, 2.75) is 82.5 Å². The van der Waals surface area contributed by atoms with Crippen LogP contribution in [0.4, 0.5) is 0 Å². The third-order valence-corrected chi connectivity index (χ3v) is 5.72. The van der Waals surface area contributed by atoms with Crippen LogP contribution in [0.5, 0.6) is 0 Å². The van der Waals surface area contributed by atoms with Gasteiger partial charge in [0.1, 0.15) is 0 Å². The van der Waals surface area contributed by atoms with Crippen molar-refractivity contribution in [2.24, 2.45) is 5.92 Å². The molecule has 0 heterocycles. The van der Waals surface area contributed by atoms with E-state index in [1.54, 1.807) is 0 Å². The molecule has 2 rings (SSSR count). The molecule has 1 aliphatic carbocycles. The average molecular weight is 306 g/mol. The molecule has 1 nitrogen and oxygen atoms in total. The third kappa shape index (κ3) is 5.67. The van der Waals surface area contributed by atoms with Crippen LogP contribution < -0.4 is 5.32 Å². The highest BCUT2D eigenvalue weighted by atomic mass is 32.2. The number of nitrogens with one attached hydrogen (secondary N) is 1. The highest BCUT2D eigenvalue weighted by Gasteiger charge is 2.20. The third-order valence-electron chi connectivity index (χ3n) is 4.24. The Labute approximate surface area is 135 Å². The Morgan fingerprint density at radius 3 is 2.62 bits per heavy atom. The maximum atomic E-state index is 3.57. The number of aryl methyl sites for hydroxylation is 1. The van der Waals surface area contributed by atoms with Gasteiger partial charge >= 0.3 is 0 Å². The molecule has 1 N–H and O–H groups in total. The van der Waals surface area contributed by atoms with Crippen LogP contribution >= 0.6 is 11.8 Å². The van der Waals surface area contributed by atoms with Gasteiger partial charge in [0.05, 0.1) is 0 Å². The second kappa shape index (κ2) is 7.19. The highest BCUT2D eigenvalue weighted by Crippen LogP contribution is 2.37. The lowest BCUT2D eigenvalue weighted by Crippen LogP contribution is -2.35. The predicted molar refractivity (Wildman–Crippen MR) is 95.0 cm³/mol. The van der Waals surface area contributed by atoms with Crippen LogP contribution in [0.2, 0.25) is 0 Å². The molecule has 21 heavy (non-hydrogen) atoms. The summed E-state index contributed by atoms with van der Waals surface area (Å²) in [5.41, 5.74) is 3.01. The van der Waals surface area contributed by atoms with E-state index in [1.165, 1.54) is 41.7 Å². The van der Waals surface area contributed by atoms with Crippen LogP contribution in [0.25, 0.3) is 0 Å². The lowest BCUT2D eigenvalue weighted by Gasteiger charge is -2.26. The van der Waals surface area contributed by atoms with Crippen molar-refractivity contribution in [3.05, 3.63) is 29.3 Å². The summed E-state index contributed by atoms with van der Waals surface area (Å²) in [5, 5.41) is 4.39. The summed E-state index contributed by atoms with van der Waals surface area (Å²) in [5.74, 6) is 0.909. The Bertz CT molecular complexity index is 461. The van der Waals surface area contributed by atoms with Gasteiger partial charge < -0.3 is 5.32 Å². The van der Waals surface area contributed by atoms with E-state index in [4.69, 9.17) is 0 Å². The summed E-state index contributed by atoms with van der Waals surface area (Å²) < 4.78 is 0. The van der Waals surface area contributed by atoms with Crippen LogP contribution in [0.3, 0.4) is 0 Å². The SMILES string of the molecule is Cc1cc(CNC(C)(C)C)ccc1SC1CCCC(C)C1. The van der Waals surface area contributed by atoms with Gasteiger partial charge in [-0.1, -0.05) is 31.9 Å². The van der Waals surface area contributed by atoms with E-state index < -0.39 is 0 Å². The van der Waals surface area contributed by atoms with Crippen molar-refractivity contribution in [1.29, 1.82) is 0 Å². The number of rotatable bonds is 4. The van der Waals surface area contributed by atoms with Crippen LogP contribution in [-0.4, -0.2) is 10.8 Å². The molecule has 1 aromatic carbocycles. The first-order valence-corrected chi connectivity index (χ1v) is 9.22. The molecule has 0 saturated heterocycles. The molecule has 2 heteroatoms. The van der Waals surface area contributed by atoms with E-state index >= 15 is 0 Å². The average Bonchev–Trinajstić information content (AvgIpc) is 2.38. The van der Waals surface area contributed by atoms with Gasteiger partial charge in [0.2, 0.25) is 0 Å². The van der Waals surface area contributed by atoms with Crippen molar-refractivity contribution >= 4 is 11.8 Å². The summed E-state index contributed by atoms with van der Waals surface area (Å²) in [4.78, 5) is 1.48. The minimum absolute atomic E-state index is 0.180. The molecule has 0 aromatic heterocycles. The molecule has 1 fully saturated rings. The fourth-order valence-electron chi connectivity index (χ4n) is 2.99. The fraction of sp³-hybridized carbons (Fsp3) is 0.684. The molecule has 0 aliphatic heterocycles. The zero-order chi connectivity index (χ0) is 15.5. The van der Waals surface area contributed by atoms with Gasteiger partial charge in [0.15, 0.2) is 0 Å². The Balaban J connectivity index is 1.95. The summed E-state index contributed by atoms with van der Waals surface area (Å²) in [6.45, 7) is 12.3. The number of hydrogen-bond donors (Lipinski definition) is 1. The van der Waals surface area contributed by atoms with Gasteiger partial charge in [-0.05, 0) is 63.6 Å². The molecule has 1 aliphatic rings. The van der Waals surface area contributed by atoms with E-state index in [1.807, 2.05) is 0 Å². The predicted octanol–water partition coefficient (Wildman–Crippen LogP) is 5.55. The van der Waals surface area contributed by atoms with Crippen molar-refractivity contribution in [3.8, 4) is 0 Å². The lowest BCUT2D eigenvalue weighted by molar-refractivity contribution is 0.394. The first-order chi connectivity index (χ1) is 9.83. The topological polar surface area (TPSA) is 12.0 Å². The molecular formula is C19H31NS. The summed E-state index contributed by atoms with van der Waals surface area (Å²) in [7, 11) is 0. The molecule has 2 atom stereocenters. The zero-order valence-electron chi connectivity index (χ0n) is 14.3. The van der Waals surface area contributed by atoms with Gasteiger partial charge in [0.25, 0.3) is 0 Å². The Hall–Kier alpha value is -0.470. The molecule has 0 spiro atoms. The monoisotopic (exact) mass is 305 g/mol. The van der Waals surface area contributed by atoms with Crippen LogP contribution in [0, 0.1) is 12.8 Å². The van der Waals surface area contributed by atoms with Crippen LogP contribution in [-0.2, 0) is 6.54 Å². The maximum Gasteiger partial charge on any atom is 0.0210 e. The zero-order valence-corrected chi connectivity index (χ0v) is 15.1. The summed E-state index contributed by atoms with van der Waals surface area (Å²) >= 11 is 2.11. The largest absolute Gasteiger partial charge is 0.308 e. The van der Waals surface area contributed by atoms with Gasteiger partial charge in [-0.25, -0.2) is 0 Å². The molecule has 0 amide bonds. The van der Waals surface area contributed by atoms with E-state index in [-0.39, 0.29) is 5.54 Å². The summed E-state index contributed by atoms with van der Waals surface area (Å²) in [6.07, 6.45) is 5.61. The summed E-state index contributed by atoms with van der Waals surface area (Å²) in [6, 6.07) is 6.98. The minimum Gasteiger partial charge on any atom is -0.308 e. The molecule has 1 saturated carbocycles. The Kier molecular flexibility index (Phi) is 5.79. The first-order valence-electron chi connectivity index (χ1n) is 8.35. The van der Waals surface area contributed by atoms with Crippen molar-refractivity contribution < 1.29 is 0 Å². The van der Waals surface area contributed by atoms with Crippen molar-refractivity contribution in [1.82, 2.24) is 5.32 Å². The Morgan fingerprint density at radius 1 is 1.24 bits per heavy atom. The van der Waals surface area contributed by atoms with Gasteiger partial charge in [-0.15, -0.1) is 11.8 Å². The smallest absolute Gasteiger partial charge is 0.0210 e. The number of thioether (sulfide) groups is 1. The molecule has 2 unspecified atom stereocenters. The van der Waals surface area contributed by atoms with Crippen LogP contribution in [0.15, 0.2) is 23.1 Å². The fourth-order valence-corrected chi connectivity index (χ4v) is 4.45. The van der Waals surface area contributed by atoms with E-state index in [9.17, 15) is 0 Å². The molecular weight excluding hydrogens is 274 g/mol. The van der Waals surface area contributed by atoms with Gasteiger partial charge in [0, 0.05) is 22.2 Å². The number of hydrogen-bond acceptors (Lipinski definition) is 2. The van der Waals surface area contributed by atoms with Gasteiger partial charge in [-0.2, -0.15) is 0 Å². The molecule has 118 valence electrons. The second-order valence-electron chi connectivity index (χ2n) is 7.72. The number of benzene rings is 1. The van der Waals surface area contributed by atoms with E-state index in [2.05, 4.69) is 69.9 Å². The highest BCUT2D eigenvalue weighted by molar-refractivity contribution is 8.00. The standard InChI is InChI=1S/C19H31NS/c1-14-7-6-8-17(11-14)21-18-10-9-16(12-15(18)2)13-20-19(3,4)5/h9-10,12,14,17,20H,6-8,11,13H2,1-5H3. The van der Waals surface area contributed by atoms with E-state index in [0.29, 0.717) is 0 Å². The van der Waals surface area contributed by atoms with E-state index in [0.717, 1.165) is 17.7 Å². The molecule has 1 aromatic rings. The quantitative estimate of drug-likeness (QED) is 0.782. The Morgan fingerprint density at radius 2 is 2.00 bits per heavy atom. The lowest BCUT2D eigenvalue weighted by atomic mass is 9.91. The van der Waals surface area contributed by atoms with Crippen LogP contribution in [0.1, 0.15) is 64.5 Å². The minimum atomic E-state index is 0.180. The first kappa shape index (κ1) is 16.9. The van der Waals surface area contributed by atoms with Crippen molar-refractivity contribution in [3.63, 3.8) is 0 Å².